The monoisotopic (exact) mass is 350 g/mol. The van der Waals surface area contributed by atoms with Gasteiger partial charge in [0.25, 0.3) is 0 Å². The first-order valence-corrected chi connectivity index (χ1v) is 7.75. The fourth-order valence-corrected chi connectivity index (χ4v) is 2.74. The molecule has 2 aromatic heterocycles. The van der Waals surface area contributed by atoms with Crippen LogP contribution >= 0.6 is 0 Å². The van der Waals surface area contributed by atoms with Crippen molar-refractivity contribution in [1.82, 2.24) is 14.6 Å². The average Bonchev–Trinajstić information content (AvgIpc) is 3.01. The van der Waals surface area contributed by atoms with E-state index in [1.54, 1.807) is 37.4 Å². The molecule has 4 rings (SSSR count). The molecule has 8 heteroatoms. The Morgan fingerprint density at radius 3 is 2.58 bits per heavy atom. The maximum Gasteiger partial charge on any atom is 0.350 e. The van der Waals surface area contributed by atoms with Crippen LogP contribution < -0.4 is 16.0 Å². The fraction of sp³-hybridized carbons (Fsp3) is 0.0556. The van der Waals surface area contributed by atoms with Gasteiger partial charge in [0.1, 0.15) is 17.0 Å². The number of nitrogens with one attached hydrogen (secondary N) is 2. The summed E-state index contributed by atoms with van der Waals surface area (Å²) in [5.74, 6) is 0.737. The number of benzene rings is 2. The van der Waals surface area contributed by atoms with Crippen LogP contribution in [0.1, 0.15) is 5.56 Å². The van der Waals surface area contributed by atoms with E-state index in [1.807, 2.05) is 0 Å². The standard InChI is InChI=1S/C18H14N4O4/c1-26-12-6-7-14-13(8-12)15-16(20-14)17(24)22(18(25)21-15)19-9-10-2-4-11(23)5-3-10/h2-9,20,23H,1H3,(H,21,25). The maximum atomic E-state index is 12.7. The lowest BCUT2D eigenvalue weighted by Gasteiger charge is -1.99. The Kier molecular flexibility index (Phi) is 3.58. The molecule has 0 saturated heterocycles. The fourth-order valence-electron chi connectivity index (χ4n) is 2.74. The SMILES string of the molecule is COc1ccc2[nH]c3c(=O)n(N=Cc4ccc(O)cc4)c(=O)[nH]c3c2c1. The number of hydrogen-bond donors (Lipinski definition) is 3. The summed E-state index contributed by atoms with van der Waals surface area (Å²) in [4.78, 5) is 30.7. The summed E-state index contributed by atoms with van der Waals surface area (Å²) in [5.41, 5.74) is 0.778. The molecule has 4 aromatic rings. The molecule has 130 valence electrons. The molecule has 0 unspecified atom stereocenters. The van der Waals surface area contributed by atoms with Gasteiger partial charge >= 0.3 is 11.2 Å². The number of hydrogen-bond acceptors (Lipinski definition) is 5. The molecule has 0 aliphatic carbocycles. The molecule has 0 bridgehead atoms. The maximum absolute atomic E-state index is 12.7. The highest BCUT2D eigenvalue weighted by atomic mass is 16.5. The first-order valence-electron chi connectivity index (χ1n) is 7.75. The van der Waals surface area contributed by atoms with Crippen LogP contribution in [0.3, 0.4) is 0 Å². The second-order valence-electron chi connectivity index (χ2n) is 5.67. The zero-order chi connectivity index (χ0) is 18.3. The molecule has 0 atom stereocenters. The molecule has 0 amide bonds. The van der Waals surface area contributed by atoms with Gasteiger partial charge in [-0.1, -0.05) is 0 Å². The van der Waals surface area contributed by atoms with E-state index in [-0.39, 0.29) is 11.3 Å². The van der Waals surface area contributed by atoms with Crippen molar-refractivity contribution >= 4 is 28.2 Å². The number of phenolic OH excluding ortho intramolecular Hbond substituents is 1. The molecule has 0 fully saturated rings. The Hall–Kier alpha value is -3.81. The second-order valence-corrected chi connectivity index (χ2v) is 5.67. The van der Waals surface area contributed by atoms with Crippen molar-refractivity contribution in [2.75, 3.05) is 7.11 Å². The van der Waals surface area contributed by atoms with Gasteiger partial charge < -0.3 is 19.8 Å². The van der Waals surface area contributed by atoms with Gasteiger partial charge in [0.05, 0.1) is 18.8 Å². The molecular weight excluding hydrogens is 336 g/mol. The quantitative estimate of drug-likeness (QED) is 0.489. The topological polar surface area (TPSA) is 112 Å². The Morgan fingerprint density at radius 2 is 1.85 bits per heavy atom. The second kappa shape index (κ2) is 5.92. The molecule has 0 spiro atoms. The Bertz CT molecular complexity index is 1260. The van der Waals surface area contributed by atoms with Crippen molar-refractivity contribution in [3.63, 3.8) is 0 Å². The number of H-pyrrole nitrogens is 2. The number of aromatic amines is 2. The zero-order valence-corrected chi connectivity index (χ0v) is 13.7. The van der Waals surface area contributed by atoms with E-state index in [2.05, 4.69) is 15.1 Å². The third-order valence-electron chi connectivity index (χ3n) is 4.05. The number of phenols is 1. The normalized spacial score (nSPS) is 11.6. The van der Waals surface area contributed by atoms with E-state index in [9.17, 15) is 14.7 Å². The molecule has 0 aliphatic rings. The summed E-state index contributed by atoms with van der Waals surface area (Å²) in [6, 6.07) is 11.5. The number of methoxy groups -OCH3 is 1. The van der Waals surface area contributed by atoms with Crippen molar-refractivity contribution in [3.8, 4) is 11.5 Å². The summed E-state index contributed by atoms with van der Waals surface area (Å²) in [5, 5.41) is 13.9. The Labute approximate surface area is 146 Å². The summed E-state index contributed by atoms with van der Waals surface area (Å²) < 4.78 is 5.94. The molecule has 8 nitrogen and oxygen atoms in total. The highest BCUT2D eigenvalue weighted by molar-refractivity contribution is 6.04. The zero-order valence-electron chi connectivity index (χ0n) is 13.7. The van der Waals surface area contributed by atoms with Crippen LogP contribution in [-0.4, -0.2) is 33.1 Å². The van der Waals surface area contributed by atoms with Crippen LogP contribution in [0.25, 0.3) is 21.9 Å². The first kappa shape index (κ1) is 15.7. The number of rotatable bonds is 3. The smallest absolute Gasteiger partial charge is 0.350 e. The van der Waals surface area contributed by atoms with E-state index in [0.29, 0.717) is 27.7 Å². The van der Waals surface area contributed by atoms with Crippen LogP contribution in [0.5, 0.6) is 11.5 Å². The minimum Gasteiger partial charge on any atom is -0.508 e. The van der Waals surface area contributed by atoms with Gasteiger partial charge in [-0.15, -0.1) is 4.68 Å². The Morgan fingerprint density at radius 1 is 1.08 bits per heavy atom. The minimum absolute atomic E-state index is 0.118. The highest BCUT2D eigenvalue weighted by Gasteiger charge is 2.13. The third-order valence-corrected chi connectivity index (χ3v) is 4.05. The molecular formula is C18H14N4O4. The molecule has 0 saturated carbocycles. The van der Waals surface area contributed by atoms with Crippen LogP contribution in [0, 0.1) is 0 Å². The van der Waals surface area contributed by atoms with Crippen LogP contribution in [0.4, 0.5) is 0 Å². The molecule has 2 heterocycles. The van der Waals surface area contributed by atoms with E-state index < -0.39 is 11.2 Å². The third kappa shape index (κ3) is 2.53. The van der Waals surface area contributed by atoms with Crippen molar-refractivity contribution in [2.45, 2.75) is 0 Å². The van der Waals surface area contributed by atoms with Gasteiger partial charge in [-0.3, -0.25) is 4.79 Å². The molecule has 3 N–H and O–H groups in total. The molecule has 0 radical (unpaired) electrons. The van der Waals surface area contributed by atoms with Crippen LogP contribution in [0.15, 0.2) is 57.2 Å². The van der Waals surface area contributed by atoms with Crippen molar-refractivity contribution in [1.29, 1.82) is 0 Å². The van der Waals surface area contributed by atoms with Crippen LogP contribution in [0.2, 0.25) is 0 Å². The van der Waals surface area contributed by atoms with Gasteiger partial charge in [0.2, 0.25) is 0 Å². The molecule has 0 aliphatic heterocycles. The minimum atomic E-state index is -0.652. The number of aromatic nitrogens is 3. The molecule has 26 heavy (non-hydrogen) atoms. The number of nitrogens with zero attached hydrogens (tertiary/aromatic N) is 2. The van der Waals surface area contributed by atoms with E-state index in [1.165, 1.54) is 18.3 Å². The summed E-state index contributed by atoms with van der Waals surface area (Å²) >= 11 is 0. The lowest BCUT2D eigenvalue weighted by atomic mass is 10.2. The van der Waals surface area contributed by atoms with E-state index >= 15 is 0 Å². The summed E-state index contributed by atoms with van der Waals surface area (Å²) in [6.07, 6.45) is 1.37. The number of fused-ring (bicyclic) bond motifs is 3. The average molecular weight is 350 g/mol. The largest absolute Gasteiger partial charge is 0.508 e. The van der Waals surface area contributed by atoms with Gasteiger partial charge in [0.15, 0.2) is 0 Å². The predicted molar refractivity (Wildman–Crippen MR) is 98.3 cm³/mol. The lowest BCUT2D eigenvalue weighted by molar-refractivity contribution is 0.415. The highest BCUT2D eigenvalue weighted by Crippen LogP contribution is 2.25. The van der Waals surface area contributed by atoms with Gasteiger partial charge in [0, 0.05) is 10.9 Å². The first-order chi connectivity index (χ1) is 12.6. The van der Waals surface area contributed by atoms with Gasteiger partial charge in [-0.05, 0) is 48.0 Å². The number of aromatic hydroxyl groups is 1. The number of ether oxygens (including phenoxy) is 1. The van der Waals surface area contributed by atoms with Crippen molar-refractivity contribution in [2.24, 2.45) is 5.10 Å². The lowest BCUT2D eigenvalue weighted by Crippen LogP contribution is -2.32. The summed E-state index contributed by atoms with van der Waals surface area (Å²) in [7, 11) is 1.55. The van der Waals surface area contributed by atoms with Gasteiger partial charge in [-0.25, -0.2) is 4.79 Å². The Balaban J connectivity index is 1.89. The predicted octanol–water partition coefficient (Wildman–Crippen LogP) is 1.77. The van der Waals surface area contributed by atoms with E-state index in [4.69, 9.17) is 4.74 Å². The van der Waals surface area contributed by atoms with Gasteiger partial charge in [-0.2, -0.15) is 5.10 Å². The van der Waals surface area contributed by atoms with Crippen LogP contribution in [-0.2, 0) is 0 Å². The molecule has 2 aromatic carbocycles. The van der Waals surface area contributed by atoms with E-state index in [0.717, 1.165) is 4.68 Å². The van der Waals surface area contributed by atoms with Crippen molar-refractivity contribution in [3.05, 3.63) is 68.9 Å². The summed E-state index contributed by atoms with van der Waals surface area (Å²) in [6.45, 7) is 0. The van der Waals surface area contributed by atoms with Crippen molar-refractivity contribution < 1.29 is 9.84 Å².